The van der Waals surface area contributed by atoms with Crippen molar-refractivity contribution in [3.05, 3.63) is 0 Å². The second-order valence-corrected chi connectivity index (χ2v) is 6.13. The van der Waals surface area contributed by atoms with E-state index in [1.54, 1.807) is 6.92 Å². The Balaban J connectivity index is 2.93. The quantitative estimate of drug-likeness (QED) is 0.494. The van der Waals surface area contributed by atoms with Crippen LogP contribution in [-0.4, -0.2) is 35.8 Å². The minimum absolute atomic E-state index is 0.130. The van der Waals surface area contributed by atoms with Crippen LogP contribution in [0.5, 0.6) is 0 Å². The maximum atomic E-state index is 10.7. The normalized spacial score (nSPS) is 10.8. The third-order valence-corrected chi connectivity index (χ3v) is 3.87. The fraction of sp³-hybridized carbons (Fsp3) is 0.933. The van der Waals surface area contributed by atoms with Crippen LogP contribution in [0, 0.1) is 0 Å². The molecule has 0 saturated carbocycles. The Morgan fingerprint density at radius 1 is 0.895 bits per heavy atom. The lowest BCUT2D eigenvalue weighted by Gasteiger charge is -2.03. The highest BCUT2D eigenvalue weighted by Gasteiger charge is 1.95. The molecule has 0 bridgehead atoms. The van der Waals surface area contributed by atoms with E-state index in [1.807, 2.05) is 0 Å². The smallest absolute Gasteiger partial charge is 0.185 e. The number of aliphatic hydroxyl groups is 1. The van der Waals surface area contributed by atoms with Crippen LogP contribution in [0.1, 0.15) is 64.7 Å². The summed E-state index contributed by atoms with van der Waals surface area (Å²) in [7, 11) is 0. The van der Waals surface area contributed by atoms with Gasteiger partial charge in [-0.3, -0.25) is 4.79 Å². The lowest BCUT2D eigenvalue weighted by molar-refractivity contribution is -0.109. The zero-order valence-corrected chi connectivity index (χ0v) is 13.2. The van der Waals surface area contributed by atoms with Crippen molar-refractivity contribution < 1.29 is 14.6 Å². The van der Waals surface area contributed by atoms with E-state index in [9.17, 15) is 4.79 Å². The maximum Gasteiger partial charge on any atom is 0.185 e. The molecule has 0 aromatic carbocycles. The summed E-state index contributed by atoms with van der Waals surface area (Å²) in [5, 5.41) is 8.77. The largest absolute Gasteiger partial charge is 0.394 e. The molecule has 114 valence electrons. The summed E-state index contributed by atoms with van der Waals surface area (Å²) in [5.41, 5.74) is 0. The fourth-order valence-electron chi connectivity index (χ4n) is 1.93. The van der Waals surface area contributed by atoms with Crippen LogP contribution >= 0.6 is 11.8 Å². The number of rotatable bonds is 14. The van der Waals surface area contributed by atoms with E-state index in [-0.39, 0.29) is 11.7 Å². The van der Waals surface area contributed by atoms with Gasteiger partial charge in [0.15, 0.2) is 5.12 Å². The summed E-state index contributed by atoms with van der Waals surface area (Å²) in [6, 6.07) is 0. The predicted molar refractivity (Wildman–Crippen MR) is 82.6 cm³/mol. The van der Waals surface area contributed by atoms with Crippen LogP contribution in [-0.2, 0) is 9.53 Å². The maximum absolute atomic E-state index is 10.7. The first kappa shape index (κ1) is 18.9. The molecule has 0 saturated heterocycles. The van der Waals surface area contributed by atoms with Gasteiger partial charge in [0.05, 0.1) is 13.2 Å². The van der Waals surface area contributed by atoms with Crippen LogP contribution in [0.25, 0.3) is 0 Å². The van der Waals surface area contributed by atoms with Gasteiger partial charge < -0.3 is 9.84 Å². The summed E-state index contributed by atoms with van der Waals surface area (Å²) in [5.74, 6) is 0.989. The highest BCUT2D eigenvalue weighted by molar-refractivity contribution is 8.13. The summed E-state index contributed by atoms with van der Waals surface area (Å²) >= 11 is 1.45. The first-order valence-electron chi connectivity index (χ1n) is 7.59. The number of ether oxygens (including phenoxy) is 1. The van der Waals surface area contributed by atoms with Gasteiger partial charge in [0.2, 0.25) is 0 Å². The second kappa shape index (κ2) is 16.0. The van der Waals surface area contributed by atoms with Gasteiger partial charge in [-0.2, -0.15) is 0 Å². The van der Waals surface area contributed by atoms with E-state index < -0.39 is 0 Å². The molecule has 0 aromatic heterocycles. The molecule has 0 aliphatic rings. The standard InChI is InChI=1S/C15H30O3S/c1-15(17)19-14-10-8-6-4-2-3-5-7-9-12-18-13-11-16/h16H,2-14H2,1H3. The van der Waals surface area contributed by atoms with Crippen molar-refractivity contribution in [2.75, 3.05) is 25.6 Å². The molecule has 0 amide bonds. The monoisotopic (exact) mass is 290 g/mol. The minimum Gasteiger partial charge on any atom is -0.394 e. The van der Waals surface area contributed by atoms with E-state index in [4.69, 9.17) is 9.84 Å². The fourth-order valence-corrected chi connectivity index (χ4v) is 2.56. The molecular formula is C15H30O3S. The highest BCUT2D eigenvalue weighted by Crippen LogP contribution is 2.12. The van der Waals surface area contributed by atoms with Crippen molar-refractivity contribution in [2.24, 2.45) is 0 Å². The lowest BCUT2D eigenvalue weighted by Crippen LogP contribution is -2.00. The molecule has 0 radical (unpaired) electrons. The molecule has 0 atom stereocenters. The topological polar surface area (TPSA) is 46.5 Å². The van der Waals surface area contributed by atoms with Crippen molar-refractivity contribution in [1.29, 1.82) is 0 Å². The molecule has 0 aliphatic heterocycles. The van der Waals surface area contributed by atoms with Gasteiger partial charge in [-0.25, -0.2) is 0 Å². The Morgan fingerprint density at radius 3 is 1.95 bits per heavy atom. The number of carbonyl (C=O) groups excluding carboxylic acids is 1. The third-order valence-electron chi connectivity index (χ3n) is 2.97. The molecule has 0 heterocycles. The average molecular weight is 290 g/mol. The van der Waals surface area contributed by atoms with Gasteiger partial charge in [-0.1, -0.05) is 56.7 Å². The summed E-state index contributed by atoms with van der Waals surface area (Å²) in [4.78, 5) is 10.7. The molecule has 0 aromatic rings. The van der Waals surface area contributed by atoms with Gasteiger partial charge >= 0.3 is 0 Å². The predicted octanol–water partition coefficient (Wildman–Crippen LogP) is 3.79. The Labute approximate surface area is 122 Å². The first-order chi connectivity index (χ1) is 9.27. The van der Waals surface area contributed by atoms with E-state index in [1.165, 1.54) is 63.1 Å². The second-order valence-electron chi connectivity index (χ2n) is 4.86. The number of hydrogen-bond acceptors (Lipinski definition) is 4. The number of hydrogen-bond donors (Lipinski definition) is 1. The molecule has 3 nitrogen and oxygen atoms in total. The molecule has 0 aliphatic carbocycles. The Hall–Kier alpha value is -0.0600. The van der Waals surface area contributed by atoms with Gasteiger partial charge in [-0.05, 0) is 12.8 Å². The van der Waals surface area contributed by atoms with Crippen LogP contribution in [0.15, 0.2) is 0 Å². The molecule has 0 unspecified atom stereocenters. The summed E-state index contributed by atoms with van der Waals surface area (Å²) < 4.78 is 5.21. The zero-order chi connectivity index (χ0) is 14.2. The lowest BCUT2D eigenvalue weighted by atomic mass is 10.1. The van der Waals surface area contributed by atoms with Gasteiger partial charge in [0, 0.05) is 19.3 Å². The zero-order valence-electron chi connectivity index (χ0n) is 12.4. The first-order valence-corrected chi connectivity index (χ1v) is 8.58. The summed E-state index contributed by atoms with van der Waals surface area (Å²) in [6.45, 7) is 3.03. The molecule has 0 rings (SSSR count). The van der Waals surface area contributed by atoms with E-state index in [0.29, 0.717) is 6.61 Å². The molecule has 19 heavy (non-hydrogen) atoms. The van der Waals surface area contributed by atoms with Crippen LogP contribution in [0.4, 0.5) is 0 Å². The Bertz CT molecular complexity index is 198. The van der Waals surface area contributed by atoms with E-state index in [0.717, 1.165) is 18.8 Å². The van der Waals surface area contributed by atoms with Gasteiger partial charge in [-0.15, -0.1) is 0 Å². The average Bonchev–Trinajstić information content (AvgIpc) is 2.39. The third kappa shape index (κ3) is 17.9. The molecule has 1 N–H and O–H groups in total. The van der Waals surface area contributed by atoms with Crippen LogP contribution < -0.4 is 0 Å². The van der Waals surface area contributed by atoms with Crippen molar-refractivity contribution in [3.8, 4) is 0 Å². The number of thioether (sulfide) groups is 1. The van der Waals surface area contributed by atoms with Crippen molar-refractivity contribution in [1.82, 2.24) is 0 Å². The van der Waals surface area contributed by atoms with Gasteiger partial charge in [0.25, 0.3) is 0 Å². The SMILES string of the molecule is CC(=O)SCCCCCCCCCCCOCCO. The molecular weight excluding hydrogens is 260 g/mol. The number of aliphatic hydroxyl groups excluding tert-OH is 1. The van der Waals surface area contributed by atoms with Crippen LogP contribution in [0.2, 0.25) is 0 Å². The Morgan fingerprint density at radius 2 is 1.42 bits per heavy atom. The molecule has 0 fully saturated rings. The van der Waals surface area contributed by atoms with E-state index in [2.05, 4.69) is 0 Å². The highest BCUT2D eigenvalue weighted by atomic mass is 32.2. The van der Waals surface area contributed by atoms with E-state index >= 15 is 0 Å². The number of unbranched alkanes of at least 4 members (excludes halogenated alkanes) is 8. The van der Waals surface area contributed by atoms with Crippen molar-refractivity contribution in [2.45, 2.75) is 64.7 Å². The summed E-state index contributed by atoms with van der Waals surface area (Å²) in [6.07, 6.45) is 11.4. The van der Waals surface area contributed by atoms with Crippen LogP contribution in [0.3, 0.4) is 0 Å². The Kier molecular flexibility index (Phi) is 15.9. The molecule has 4 heteroatoms. The van der Waals surface area contributed by atoms with Crippen molar-refractivity contribution in [3.63, 3.8) is 0 Å². The molecule has 0 spiro atoms. The van der Waals surface area contributed by atoms with Gasteiger partial charge in [0.1, 0.15) is 0 Å². The van der Waals surface area contributed by atoms with Crippen molar-refractivity contribution >= 4 is 16.9 Å². The minimum atomic E-state index is 0.130. The number of carbonyl (C=O) groups is 1.